The molecule has 1 saturated heterocycles. The summed E-state index contributed by atoms with van der Waals surface area (Å²) in [7, 11) is 1.68. The average Bonchev–Trinajstić information content (AvgIpc) is 2.99. The molecule has 2 unspecified atom stereocenters. The van der Waals surface area contributed by atoms with Gasteiger partial charge in [0.15, 0.2) is 0 Å². The molecule has 6 nitrogen and oxygen atoms in total. The molecule has 6 heteroatoms. The van der Waals surface area contributed by atoms with Crippen LogP contribution < -0.4 is 0 Å². The predicted octanol–water partition coefficient (Wildman–Crippen LogP) is 2.41. The van der Waals surface area contributed by atoms with Crippen molar-refractivity contribution in [3.05, 3.63) is 11.7 Å². The molecule has 0 amide bonds. The molecular formula is C15H22N2O4. The van der Waals surface area contributed by atoms with Gasteiger partial charge in [-0.1, -0.05) is 24.4 Å². The van der Waals surface area contributed by atoms with E-state index in [1.807, 2.05) is 0 Å². The van der Waals surface area contributed by atoms with Gasteiger partial charge in [-0.2, -0.15) is 4.98 Å². The Balaban J connectivity index is 1.74. The van der Waals surface area contributed by atoms with Crippen LogP contribution in [0.2, 0.25) is 0 Å². The molecule has 0 radical (unpaired) electrons. The van der Waals surface area contributed by atoms with Crippen molar-refractivity contribution in [2.45, 2.75) is 50.5 Å². The Morgan fingerprint density at radius 3 is 2.81 bits per heavy atom. The summed E-state index contributed by atoms with van der Waals surface area (Å²) < 4.78 is 16.2. The molecule has 2 atom stereocenters. The highest BCUT2D eigenvalue weighted by molar-refractivity contribution is 5.85. The van der Waals surface area contributed by atoms with Crippen molar-refractivity contribution in [2.75, 3.05) is 20.3 Å². The van der Waals surface area contributed by atoms with E-state index in [0.29, 0.717) is 37.3 Å². The van der Waals surface area contributed by atoms with E-state index in [1.54, 1.807) is 7.11 Å². The Morgan fingerprint density at radius 1 is 1.29 bits per heavy atom. The van der Waals surface area contributed by atoms with Crippen LogP contribution in [0, 0.1) is 5.92 Å². The van der Waals surface area contributed by atoms with E-state index >= 15 is 0 Å². The molecule has 1 aromatic rings. The van der Waals surface area contributed by atoms with Gasteiger partial charge in [-0.3, -0.25) is 4.79 Å². The molecule has 3 rings (SSSR count). The van der Waals surface area contributed by atoms with Gasteiger partial charge in [-0.05, 0) is 18.8 Å². The monoisotopic (exact) mass is 294 g/mol. The van der Waals surface area contributed by atoms with Crippen LogP contribution in [0.15, 0.2) is 4.52 Å². The first-order valence-corrected chi connectivity index (χ1v) is 7.76. The minimum absolute atomic E-state index is 0.114. The van der Waals surface area contributed by atoms with E-state index < -0.39 is 5.92 Å². The van der Waals surface area contributed by atoms with Crippen LogP contribution >= 0.6 is 0 Å². The molecule has 116 valence electrons. The highest BCUT2D eigenvalue weighted by atomic mass is 16.5. The van der Waals surface area contributed by atoms with E-state index in [4.69, 9.17) is 14.0 Å². The number of methoxy groups -OCH3 is 1. The molecule has 2 aliphatic rings. The van der Waals surface area contributed by atoms with Crippen molar-refractivity contribution < 1.29 is 18.8 Å². The Hall–Kier alpha value is -1.27. The smallest absolute Gasteiger partial charge is 0.239 e. The first-order valence-electron chi connectivity index (χ1n) is 7.76. The summed E-state index contributed by atoms with van der Waals surface area (Å²) >= 11 is 0. The first-order chi connectivity index (χ1) is 10.3. The lowest BCUT2D eigenvalue weighted by atomic mass is 9.85. The summed E-state index contributed by atoms with van der Waals surface area (Å²) in [6.07, 6.45) is 6.29. The van der Waals surface area contributed by atoms with E-state index in [0.717, 1.165) is 12.8 Å². The third-order valence-corrected chi connectivity index (χ3v) is 4.51. The Morgan fingerprint density at radius 2 is 2.10 bits per heavy atom. The van der Waals surface area contributed by atoms with Crippen molar-refractivity contribution in [1.29, 1.82) is 0 Å². The lowest BCUT2D eigenvalue weighted by molar-refractivity contribution is -0.127. The molecule has 0 N–H and O–H groups in total. The minimum atomic E-state index is -0.413. The summed E-state index contributed by atoms with van der Waals surface area (Å²) in [6.45, 7) is 0.820. The highest BCUT2D eigenvalue weighted by Gasteiger charge is 2.33. The maximum Gasteiger partial charge on any atom is 0.239 e. The first kappa shape index (κ1) is 14.7. The van der Waals surface area contributed by atoms with Gasteiger partial charge in [-0.15, -0.1) is 0 Å². The predicted molar refractivity (Wildman–Crippen MR) is 73.8 cm³/mol. The van der Waals surface area contributed by atoms with E-state index in [1.165, 1.54) is 19.3 Å². The van der Waals surface area contributed by atoms with Crippen LogP contribution in [0.5, 0.6) is 0 Å². The van der Waals surface area contributed by atoms with Gasteiger partial charge < -0.3 is 14.0 Å². The number of nitrogens with zero attached hydrogens (tertiary/aromatic N) is 2. The van der Waals surface area contributed by atoms with Gasteiger partial charge in [0.05, 0.1) is 13.2 Å². The van der Waals surface area contributed by atoms with Gasteiger partial charge in [0.2, 0.25) is 11.7 Å². The number of ketones is 1. The summed E-state index contributed by atoms with van der Waals surface area (Å²) in [4.78, 5) is 16.3. The lowest BCUT2D eigenvalue weighted by Gasteiger charge is -2.26. The SMILES string of the molecule is COC(c1noc(C2COCCC2=O)n1)C1CCCCC1. The second-order valence-electron chi connectivity index (χ2n) is 5.89. The topological polar surface area (TPSA) is 74.5 Å². The van der Waals surface area contributed by atoms with Gasteiger partial charge >= 0.3 is 0 Å². The number of Topliss-reactive ketones (excluding diaryl/α,β-unsaturated/α-hetero) is 1. The van der Waals surface area contributed by atoms with Crippen LogP contribution in [-0.2, 0) is 14.3 Å². The summed E-state index contributed by atoms with van der Waals surface area (Å²) in [5.74, 6) is 1.07. The zero-order valence-corrected chi connectivity index (χ0v) is 12.4. The van der Waals surface area contributed by atoms with Crippen molar-refractivity contribution >= 4 is 5.78 Å². The molecule has 0 spiro atoms. The van der Waals surface area contributed by atoms with E-state index in [2.05, 4.69) is 10.1 Å². The number of hydrogen-bond donors (Lipinski definition) is 0. The molecular weight excluding hydrogens is 272 g/mol. The highest BCUT2D eigenvalue weighted by Crippen LogP contribution is 2.35. The van der Waals surface area contributed by atoms with Gasteiger partial charge in [0, 0.05) is 13.5 Å². The summed E-state index contributed by atoms with van der Waals surface area (Å²) in [5.41, 5.74) is 0. The largest absolute Gasteiger partial charge is 0.380 e. The van der Waals surface area contributed by atoms with E-state index in [-0.39, 0.29) is 11.9 Å². The van der Waals surface area contributed by atoms with Crippen LogP contribution in [0.3, 0.4) is 0 Å². The normalized spacial score (nSPS) is 26.0. The Labute approximate surface area is 124 Å². The van der Waals surface area contributed by atoms with Crippen LogP contribution in [0.25, 0.3) is 0 Å². The molecule has 1 aliphatic heterocycles. The third-order valence-electron chi connectivity index (χ3n) is 4.51. The van der Waals surface area contributed by atoms with Crippen molar-refractivity contribution in [3.8, 4) is 0 Å². The van der Waals surface area contributed by atoms with Gasteiger partial charge in [-0.25, -0.2) is 0 Å². The standard InChI is InChI=1S/C15H22N2O4/c1-19-13(10-5-3-2-4-6-10)14-16-15(21-17-14)11-9-20-8-7-12(11)18/h10-11,13H,2-9H2,1H3. The van der Waals surface area contributed by atoms with Gasteiger partial charge in [0.1, 0.15) is 17.8 Å². The molecule has 21 heavy (non-hydrogen) atoms. The number of ether oxygens (including phenoxy) is 2. The number of hydrogen-bond acceptors (Lipinski definition) is 6. The fourth-order valence-electron chi connectivity index (χ4n) is 3.30. The Bertz CT molecular complexity index is 482. The molecule has 2 fully saturated rings. The quantitative estimate of drug-likeness (QED) is 0.849. The zero-order chi connectivity index (χ0) is 14.7. The van der Waals surface area contributed by atoms with Crippen molar-refractivity contribution in [2.24, 2.45) is 5.92 Å². The third kappa shape index (κ3) is 3.16. The van der Waals surface area contributed by atoms with Crippen LogP contribution in [-0.4, -0.2) is 36.2 Å². The molecule has 0 bridgehead atoms. The number of rotatable bonds is 4. The molecule has 1 aliphatic carbocycles. The fraction of sp³-hybridized carbons (Fsp3) is 0.800. The summed E-state index contributed by atoms with van der Waals surface area (Å²) in [6, 6.07) is 0. The van der Waals surface area contributed by atoms with Crippen molar-refractivity contribution in [3.63, 3.8) is 0 Å². The number of aromatic nitrogens is 2. The molecule has 1 aromatic heterocycles. The van der Waals surface area contributed by atoms with Gasteiger partial charge in [0.25, 0.3) is 0 Å². The molecule has 2 heterocycles. The molecule has 0 aromatic carbocycles. The molecule has 1 saturated carbocycles. The number of carbonyl (C=O) groups is 1. The maximum atomic E-state index is 11.9. The van der Waals surface area contributed by atoms with Crippen LogP contribution in [0.1, 0.15) is 62.3 Å². The van der Waals surface area contributed by atoms with Crippen molar-refractivity contribution in [1.82, 2.24) is 10.1 Å². The average molecular weight is 294 g/mol. The Kier molecular flexibility index (Phi) is 4.65. The lowest BCUT2D eigenvalue weighted by Crippen LogP contribution is -2.26. The summed E-state index contributed by atoms with van der Waals surface area (Å²) in [5, 5.41) is 4.05. The second kappa shape index (κ2) is 6.66. The van der Waals surface area contributed by atoms with E-state index in [9.17, 15) is 4.79 Å². The minimum Gasteiger partial charge on any atom is -0.380 e. The zero-order valence-electron chi connectivity index (χ0n) is 12.4. The maximum absolute atomic E-state index is 11.9. The fourth-order valence-corrected chi connectivity index (χ4v) is 3.30. The second-order valence-corrected chi connectivity index (χ2v) is 5.89. The number of carbonyl (C=O) groups excluding carboxylic acids is 1. The van der Waals surface area contributed by atoms with Crippen LogP contribution in [0.4, 0.5) is 0 Å².